The molecule has 0 aliphatic carbocycles. The number of nitrogen functional groups attached to an aromatic ring is 1. The molecule has 0 spiro atoms. The van der Waals surface area contributed by atoms with Crippen LogP contribution in [-0.4, -0.2) is 23.0 Å². The Bertz CT molecular complexity index is 318. The van der Waals surface area contributed by atoms with Gasteiger partial charge >= 0.3 is 0 Å². The van der Waals surface area contributed by atoms with Crippen molar-refractivity contribution >= 4 is 5.82 Å². The molecule has 1 aromatic heterocycles. The zero-order valence-electron chi connectivity index (χ0n) is 10.0. The van der Waals surface area contributed by atoms with E-state index in [-0.39, 0.29) is 0 Å². The molecule has 16 heavy (non-hydrogen) atoms. The first-order valence-corrected chi connectivity index (χ1v) is 6.26. The number of likely N-dealkylation sites (tertiary alicyclic amines) is 1. The van der Waals surface area contributed by atoms with Crippen molar-refractivity contribution in [3.63, 3.8) is 0 Å². The minimum Gasteiger partial charge on any atom is -0.384 e. The Labute approximate surface area is 97.7 Å². The number of hydrogen-bond donors (Lipinski definition) is 1. The summed E-state index contributed by atoms with van der Waals surface area (Å²) >= 11 is 0. The molecule has 0 bridgehead atoms. The zero-order chi connectivity index (χ0) is 11.4. The van der Waals surface area contributed by atoms with Crippen molar-refractivity contribution in [2.75, 3.05) is 18.8 Å². The van der Waals surface area contributed by atoms with Crippen LogP contribution in [0.25, 0.3) is 0 Å². The number of nitrogens with zero attached hydrogens (tertiary/aromatic N) is 2. The van der Waals surface area contributed by atoms with Gasteiger partial charge in [0.2, 0.25) is 0 Å². The summed E-state index contributed by atoms with van der Waals surface area (Å²) in [6.45, 7) is 4.66. The van der Waals surface area contributed by atoms with Gasteiger partial charge in [0, 0.05) is 12.2 Å². The Kier molecular flexibility index (Phi) is 3.78. The average Bonchev–Trinajstić information content (AvgIpc) is 2.32. The lowest BCUT2D eigenvalue weighted by atomic mass is 9.96. The molecule has 0 amide bonds. The van der Waals surface area contributed by atoms with E-state index in [1.165, 1.54) is 44.3 Å². The maximum Gasteiger partial charge on any atom is 0.123 e. The molecular weight excluding hydrogens is 198 g/mol. The van der Waals surface area contributed by atoms with Crippen molar-refractivity contribution in [3.8, 4) is 0 Å². The highest BCUT2D eigenvalue weighted by Crippen LogP contribution is 2.30. The Morgan fingerprint density at radius 1 is 1.44 bits per heavy atom. The maximum atomic E-state index is 5.62. The molecule has 1 atom stereocenters. The van der Waals surface area contributed by atoms with Gasteiger partial charge in [-0.1, -0.05) is 19.4 Å². The second-order valence-electron chi connectivity index (χ2n) is 4.56. The van der Waals surface area contributed by atoms with Gasteiger partial charge in [-0.15, -0.1) is 0 Å². The van der Waals surface area contributed by atoms with Gasteiger partial charge in [-0.25, -0.2) is 4.98 Å². The number of nitrogens with two attached hydrogens (primary N) is 1. The molecule has 88 valence electrons. The van der Waals surface area contributed by atoms with Crippen LogP contribution in [0.2, 0.25) is 0 Å². The Morgan fingerprint density at radius 3 is 3.00 bits per heavy atom. The van der Waals surface area contributed by atoms with E-state index >= 15 is 0 Å². The summed E-state index contributed by atoms with van der Waals surface area (Å²) in [7, 11) is 0. The third-order valence-electron chi connectivity index (χ3n) is 3.32. The second-order valence-corrected chi connectivity index (χ2v) is 4.56. The average molecular weight is 219 g/mol. The van der Waals surface area contributed by atoms with Gasteiger partial charge in [-0.05, 0) is 44.0 Å². The highest BCUT2D eigenvalue weighted by atomic mass is 15.2. The van der Waals surface area contributed by atoms with Crippen molar-refractivity contribution in [1.82, 2.24) is 9.88 Å². The smallest absolute Gasteiger partial charge is 0.123 e. The minimum atomic E-state index is 0.557. The van der Waals surface area contributed by atoms with E-state index in [1.54, 1.807) is 0 Å². The van der Waals surface area contributed by atoms with E-state index in [2.05, 4.69) is 22.9 Å². The quantitative estimate of drug-likeness (QED) is 0.849. The van der Waals surface area contributed by atoms with Crippen LogP contribution in [0.1, 0.15) is 44.2 Å². The van der Waals surface area contributed by atoms with Gasteiger partial charge in [0.05, 0.1) is 0 Å². The number of hydrogen-bond acceptors (Lipinski definition) is 3. The molecular formula is C13H21N3. The Balaban J connectivity index is 2.13. The number of piperidine rings is 1. The molecule has 1 aliphatic heterocycles. The predicted octanol–water partition coefficient (Wildman–Crippen LogP) is 2.60. The van der Waals surface area contributed by atoms with E-state index in [0.717, 1.165) is 0 Å². The Hall–Kier alpha value is -1.09. The SMILES string of the molecule is CCCN1CCCC[C@@H]1c1ccc(N)nc1. The van der Waals surface area contributed by atoms with Crippen LogP contribution in [0, 0.1) is 0 Å². The van der Waals surface area contributed by atoms with Gasteiger partial charge in [-0.3, -0.25) is 4.90 Å². The molecule has 0 saturated carbocycles. The summed E-state index contributed by atoms with van der Waals surface area (Å²) in [5.74, 6) is 0.613. The molecule has 2 N–H and O–H groups in total. The van der Waals surface area contributed by atoms with Crippen molar-refractivity contribution < 1.29 is 0 Å². The fourth-order valence-corrected chi connectivity index (χ4v) is 2.54. The monoisotopic (exact) mass is 219 g/mol. The summed E-state index contributed by atoms with van der Waals surface area (Å²) in [5.41, 5.74) is 6.95. The molecule has 3 heteroatoms. The molecule has 1 saturated heterocycles. The van der Waals surface area contributed by atoms with Crippen LogP contribution in [0.5, 0.6) is 0 Å². The molecule has 3 nitrogen and oxygen atoms in total. The highest BCUT2D eigenvalue weighted by Gasteiger charge is 2.23. The van der Waals surface area contributed by atoms with Gasteiger partial charge in [-0.2, -0.15) is 0 Å². The molecule has 0 aromatic carbocycles. The summed E-state index contributed by atoms with van der Waals surface area (Å²) in [6.07, 6.45) is 7.08. The Morgan fingerprint density at radius 2 is 2.31 bits per heavy atom. The van der Waals surface area contributed by atoms with Crippen LogP contribution < -0.4 is 5.73 Å². The van der Waals surface area contributed by atoms with Gasteiger partial charge in [0.15, 0.2) is 0 Å². The van der Waals surface area contributed by atoms with Gasteiger partial charge in [0.1, 0.15) is 5.82 Å². The molecule has 0 radical (unpaired) electrons. The van der Waals surface area contributed by atoms with Gasteiger partial charge in [0.25, 0.3) is 0 Å². The summed E-state index contributed by atoms with van der Waals surface area (Å²) in [6, 6.07) is 4.59. The van der Waals surface area contributed by atoms with Crippen LogP contribution >= 0.6 is 0 Å². The molecule has 1 aromatic rings. The van der Waals surface area contributed by atoms with Crippen molar-refractivity contribution in [2.45, 2.75) is 38.6 Å². The number of anilines is 1. The normalized spacial score (nSPS) is 22.2. The maximum absolute atomic E-state index is 5.62. The van der Waals surface area contributed by atoms with Crippen LogP contribution in [0.4, 0.5) is 5.82 Å². The van der Waals surface area contributed by atoms with Crippen molar-refractivity contribution in [1.29, 1.82) is 0 Å². The summed E-state index contributed by atoms with van der Waals surface area (Å²) < 4.78 is 0. The van der Waals surface area contributed by atoms with Crippen molar-refractivity contribution in [3.05, 3.63) is 23.9 Å². The molecule has 1 aliphatic rings. The molecule has 2 heterocycles. The fourth-order valence-electron chi connectivity index (χ4n) is 2.54. The topological polar surface area (TPSA) is 42.1 Å². The third kappa shape index (κ3) is 2.53. The summed E-state index contributed by atoms with van der Waals surface area (Å²) in [5, 5.41) is 0. The van der Waals surface area contributed by atoms with E-state index in [1.807, 2.05) is 12.3 Å². The number of rotatable bonds is 3. The summed E-state index contributed by atoms with van der Waals surface area (Å²) in [4.78, 5) is 6.78. The van der Waals surface area contributed by atoms with Crippen LogP contribution in [-0.2, 0) is 0 Å². The predicted molar refractivity (Wildman–Crippen MR) is 67.1 cm³/mol. The largest absolute Gasteiger partial charge is 0.384 e. The molecule has 1 fully saturated rings. The second kappa shape index (κ2) is 5.30. The van der Waals surface area contributed by atoms with E-state index < -0.39 is 0 Å². The number of pyridine rings is 1. The lowest BCUT2D eigenvalue weighted by Crippen LogP contribution is -2.34. The number of aromatic nitrogens is 1. The van der Waals surface area contributed by atoms with Gasteiger partial charge < -0.3 is 5.73 Å². The van der Waals surface area contributed by atoms with Crippen LogP contribution in [0.15, 0.2) is 18.3 Å². The molecule has 2 rings (SSSR count). The third-order valence-corrected chi connectivity index (χ3v) is 3.32. The fraction of sp³-hybridized carbons (Fsp3) is 0.615. The lowest BCUT2D eigenvalue weighted by Gasteiger charge is -2.35. The zero-order valence-corrected chi connectivity index (χ0v) is 10.0. The first kappa shape index (κ1) is 11.4. The van der Waals surface area contributed by atoms with Crippen molar-refractivity contribution in [2.24, 2.45) is 0 Å². The lowest BCUT2D eigenvalue weighted by molar-refractivity contribution is 0.149. The minimum absolute atomic E-state index is 0.557. The molecule has 0 unspecified atom stereocenters. The standard InChI is InChI=1S/C13H21N3/c1-2-8-16-9-4-3-5-12(16)11-6-7-13(14)15-10-11/h6-7,10,12H,2-5,8-9H2,1H3,(H2,14,15)/t12-/m1/s1. The highest BCUT2D eigenvalue weighted by molar-refractivity contribution is 5.30. The van der Waals surface area contributed by atoms with E-state index in [0.29, 0.717) is 11.9 Å². The van der Waals surface area contributed by atoms with E-state index in [9.17, 15) is 0 Å². The van der Waals surface area contributed by atoms with Crippen LogP contribution in [0.3, 0.4) is 0 Å². The first-order valence-electron chi connectivity index (χ1n) is 6.26. The first-order chi connectivity index (χ1) is 7.81. The van der Waals surface area contributed by atoms with E-state index in [4.69, 9.17) is 5.73 Å².